The molecule has 5 heteroatoms. The number of rotatable bonds is 5. The third kappa shape index (κ3) is 3.71. The molecule has 2 fully saturated rings. The van der Waals surface area contributed by atoms with E-state index in [0.717, 1.165) is 58.7 Å². The van der Waals surface area contributed by atoms with Crippen molar-refractivity contribution in [3.63, 3.8) is 0 Å². The SMILES string of the molecule is CCC1OCCC1C(=O)N1CCN(CC(C)CN)CC1. The van der Waals surface area contributed by atoms with Gasteiger partial charge in [0, 0.05) is 39.3 Å². The molecule has 0 aromatic carbocycles. The summed E-state index contributed by atoms with van der Waals surface area (Å²) in [5.74, 6) is 0.931. The van der Waals surface area contributed by atoms with E-state index in [1.165, 1.54) is 0 Å². The molecule has 3 atom stereocenters. The van der Waals surface area contributed by atoms with Gasteiger partial charge in [-0.2, -0.15) is 0 Å². The highest BCUT2D eigenvalue weighted by Gasteiger charge is 2.36. The Labute approximate surface area is 122 Å². The molecule has 0 aliphatic carbocycles. The summed E-state index contributed by atoms with van der Waals surface area (Å²) < 4.78 is 5.64. The Hall–Kier alpha value is -0.650. The maximum atomic E-state index is 12.6. The Morgan fingerprint density at radius 3 is 2.65 bits per heavy atom. The van der Waals surface area contributed by atoms with Gasteiger partial charge in [-0.15, -0.1) is 0 Å². The molecule has 2 heterocycles. The molecule has 0 bridgehead atoms. The van der Waals surface area contributed by atoms with Crippen LogP contribution < -0.4 is 5.73 Å². The fourth-order valence-electron chi connectivity index (χ4n) is 3.23. The summed E-state index contributed by atoms with van der Waals surface area (Å²) in [5.41, 5.74) is 5.67. The standard InChI is InChI=1S/C15H29N3O2/c1-3-14-13(4-9-20-14)15(19)18-7-5-17(6-8-18)11-12(2)10-16/h12-14H,3-11,16H2,1-2H3. The number of nitrogens with zero attached hydrogens (tertiary/aromatic N) is 2. The molecule has 5 nitrogen and oxygen atoms in total. The van der Waals surface area contributed by atoms with Crippen LogP contribution in [0, 0.1) is 11.8 Å². The summed E-state index contributed by atoms with van der Waals surface area (Å²) in [7, 11) is 0. The van der Waals surface area contributed by atoms with E-state index in [2.05, 4.69) is 18.7 Å². The van der Waals surface area contributed by atoms with E-state index in [-0.39, 0.29) is 12.0 Å². The number of carbonyl (C=O) groups excluding carboxylic acids is 1. The first-order valence-electron chi connectivity index (χ1n) is 7.98. The highest BCUT2D eigenvalue weighted by molar-refractivity contribution is 5.79. The molecule has 2 saturated heterocycles. The van der Waals surface area contributed by atoms with E-state index in [1.54, 1.807) is 0 Å². The van der Waals surface area contributed by atoms with Gasteiger partial charge in [0.1, 0.15) is 0 Å². The van der Waals surface area contributed by atoms with Crippen LogP contribution in [-0.4, -0.2) is 67.7 Å². The van der Waals surface area contributed by atoms with Gasteiger partial charge in [-0.1, -0.05) is 13.8 Å². The van der Waals surface area contributed by atoms with Crippen molar-refractivity contribution in [2.75, 3.05) is 45.9 Å². The lowest BCUT2D eigenvalue weighted by atomic mass is 9.97. The van der Waals surface area contributed by atoms with Crippen LogP contribution in [0.3, 0.4) is 0 Å². The molecule has 2 aliphatic heterocycles. The van der Waals surface area contributed by atoms with E-state index in [1.807, 2.05) is 4.90 Å². The number of ether oxygens (including phenoxy) is 1. The van der Waals surface area contributed by atoms with Gasteiger partial charge < -0.3 is 15.4 Å². The van der Waals surface area contributed by atoms with Crippen LogP contribution in [-0.2, 0) is 9.53 Å². The second-order valence-electron chi connectivity index (χ2n) is 6.18. The number of amides is 1. The van der Waals surface area contributed by atoms with Crippen molar-refractivity contribution in [3.05, 3.63) is 0 Å². The normalized spacial score (nSPS) is 29.6. The van der Waals surface area contributed by atoms with Gasteiger partial charge in [0.05, 0.1) is 12.0 Å². The summed E-state index contributed by atoms with van der Waals surface area (Å²) in [6.45, 7) is 10.4. The average molecular weight is 283 g/mol. The molecule has 2 rings (SSSR count). The lowest BCUT2D eigenvalue weighted by molar-refractivity contribution is -0.139. The number of nitrogens with two attached hydrogens (primary N) is 1. The van der Waals surface area contributed by atoms with Gasteiger partial charge in [-0.05, 0) is 25.3 Å². The van der Waals surface area contributed by atoms with Crippen molar-refractivity contribution in [1.29, 1.82) is 0 Å². The Bertz CT molecular complexity index is 316. The van der Waals surface area contributed by atoms with Crippen LogP contribution in [0.25, 0.3) is 0 Å². The number of hydrogen-bond donors (Lipinski definition) is 1. The monoisotopic (exact) mass is 283 g/mol. The summed E-state index contributed by atoms with van der Waals surface area (Å²) in [5, 5.41) is 0. The second kappa shape index (κ2) is 7.38. The highest BCUT2D eigenvalue weighted by Crippen LogP contribution is 2.25. The molecule has 3 unspecified atom stereocenters. The Morgan fingerprint density at radius 1 is 1.35 bits per heavy atom. The average Bonchev–Trinajstić information content (AvgIpc) is 2.95. The van der Waals surface area contributed by atoms with Crippen LogP contribution in [0.1, 0.15) is 26.7 Å². The fraction of sp³-hybridized carbons (Fsp3) is 0.933. The molecule has 116 valence electrons. The summed E-state index contributed by atoms with van der Waals surface area (Å²) in [6, 6.07) is 0. The van der Waals surface area contributed by atoms with Crippen molar-refractivity contribution in [2.24, 2.45) is 17.6 Å². The van der Waals surface area contributed by atoms with E-state index in [4.69, 9.17) is 10.5 Å². The second-order valence-corrected chi connectivity index (χ2v) is 6.18. The molecular formula is C15H29N3O2. The van der Waals surface area contributed by atoms with Crippen LogP contribution in [0.15, 0.2) is 0 Å². The maximum Gasteiger partial charge on any atom is 0.228 e. The predicted molar refractivity (Wildman–Crippen MR) is 79.4 cm³/mol. The Kier molecular flexibility index (Phi) is 5.81. The minimum atomic E-state index is 0.0921. The van der Waals surface area contributed by atoms with Crippen LogP contribution in [0.4, 0.5) is 0 Å². The van der Waals surface area contributed by atoms with E-state index in [0.29, 0.717) is 11.8 Å². The molecule has 1 amide bonds. The third-order valence-electron chi connectivity index (χ3n) is 4.59. The zero-order chi connectivity index (χ0) is 14.5. The van der Waals surface area contributed by atoms with E-state index >= 15 is 0 Å². The Balaban J connectivity index is 1.80. The van der Waals surface area contributed by atoms with Gasteiger partial charge in [-0.3, -0.25) is 9.69 Å². The molecule has 0 saturated carbocycles. The van der Waals surface area contributed by atoms with Crippen molar-refractivity contribution in [3.8, 4) is 0 Å². The van der Waals surface area contributed by atoms with Crippen LogP contribution in [0.2, 0.25) is 0 Å². The third-order valence-corrected chi connectivity index (χ3v) is 4.59. The van der Waals surface area contributed by atoms with Crippen molar-refractivity contribution < 1.29 is 9.53 Å². The number of piperazine rings is 1. The first-order valence-corrected chi connectivity index (χ1v) is 7.98. The zero-order valence-electron chi connectivity index (χ0n) is 12.9. The van der Waals surface area contributed by atoms with Crippen molar-refractivity contribution >= 4 is 5.91 Å². The van der Waals surface area contributed by atoms with Gasteiger partial charge in [-0.25, -0.2) is 0 Å². The smallest absolute Gasteiger partial charge is 0.228 e. The predicted octanol–water partition coefficient (Wildman–Crippen LogP) is 0.541. The first kappa shape index (κ1) is 15.7. The summed E-state index contributed by atoms with van der Waals surface area (Å²) >= 11 is 0. The molecular weight excluding hydrogens is 254 g/mol. The number of carbonyl (C=O) groups is 1. The number of hydrogen-bond acceptors (Lipinski definition) is 4. The lowest BCUT2D eigenvalue weighted by Crippen LogP contribution is -2.52. The Morgan fingerprint density at radius 2 is 2.05 bits per heavy atom. The zero-order valence-corrected chi connectivity index (χ0v) is 12.9. The van der Waals surface area contributed by atoms with Crippen molar-refractivity contribution in [1.82, 2.24) is 9.80 Å². The van der Waals surface area contributed by atoms with Crippen LogP contribution >= 0.6 is 0 Å². The molecule has 2 aliphatic rings. The highest BCUT2D eigenvalue weighted by atomic mass is 16.5. The van der Waals surface area contributed by atoms with Crippen LogP contribution in [0.5, 0.6) is 0 Å². The lowest BCUT2D eigenvalue weighted by Gasteiger charge is -2.37. The molecule has 0 radical (unpaired) electrons. The summed E-state index contributed by atoms with van der Waals surface area (Å²) in [6.07, 6.45) is 1.96. The van der Waals surface area contributed by atoms with Crippen molar-refractivity contribution in [2.45, 2.75) is 32.8 Å². The van der Waals surface area contributed by atoms with Gasteiger partial charge in [0.15, 0.2) is 0 Å². The largest absolute Gasteiger partial charge is 0.377 e. The van der Waals surface area contributed by atoms with Gasteiger partial charge in [0.25, 0.3) is 0 Å². The fourth-order valence-corrected chi connectivity index (χ4v) is 3.23. The van der Waals surface area contributed by atoms with E-state index in [9.17, 15) is 4.79 Å². The van der Waals surface area contributed by atoms with Gasteiger partial charge in [0.2, 0.25) is 5.91 Å². The minimum absolute atomic E-state index is 0.0921. The topological polar surface area (TPSA) is 58.8 Å². The quantitative estimate of drug-likeness (QED) is 0.800. The maximum absolute atomic E-state index is 12.6. The molecule has 0 aromatic heterocycles. The molecule has 2 N–H and O–H groups in total. The molecule has 0 spiro atoms. The molecule has 20 heavy (non-hydrogen) atoms. The van der Waals surface area contributed by atoms with Gasteiger partial charge >= 0.3 is 0 Å². The summed E-state index contributed by atoms with van der Waals surface area (Å²) in [4.78, 5) is 17.0. The van der Waals surface area contributed by atoms with E-state index < -0.39 is 0 Å². The minimum Gasteiger partial charge on any atom is -0.377 e. The first-order chi connectivity index (χ1) is 9.65. The molecule has 0 aromatic rings.